The van der Waals surface area contributed by atoms with E-state index < -0.39 is 0 Å². The Morgan fingerprint density at radius 2 is 1.07 bits per heavy atom. The fraction of sp³-hybridized carbons (Fsp3) is 0.0536. The number of hydrogen-bond donors (Lipinski definition) is 0. The summed E-state index contributed by atoms with van der Waals surface area (Å²) in [5, 5.41) is 3.31. The Morgan fingerprint density at radius 3 is 1.83 bits per heavy atom. The number of furan rings is 1. The topological polar surface area (TPSA) is 51.8 Å². The first-order valence-corrected chi connectivity index (χ1v) is 20.6. The molecule has 0 aliphatic heterocycles. The molecule has 0 radical (unpaired) electrons. The molecular formula is C56H39N3O. The third-order valence-corrected chi connectivity index (χ3v) is 11.6. The predicted molar refractivity (Wildman–Crippen MR) is 248 cm³/mol. The van der Waals surface area contributed by atoms with Crippen LogP contribution in [0.3, 0.4) is 0 Å². The van der Waals surface area contributed by atoms with Gasteiger partial charge in [-0.1, -0.05) is 183 Å². The van der Waals surface area contributed by atoms with Gasteiger partial charge >= 0.3 is 0 Å². The molecule has 284 valence electrons. The average molecular weight is 770 g/mol. The van der Waals surface area contributed by atoms with Crippen molar-refractivity contribution in [3.8, 4) is 56.3 Å². The van der Waals surface area contributed by atoms with E-state index in [9.17, 15) is 0 Å². The molecule has 0 spiro atoms. The Morgan fingerprint density at radius 1 is 0.467 bits per heavy atom. The molecule has 60 heavy (non-hydrogen) atoms. The van der Waals surface area contributed by atoms with Gasteiger partial charge in [0.05, 0.1) is 16.9 Å². The van der Waals surface area contributed by atoms with Gasteiger partial charge in [0.1, 0.15) is 11.3 Å². The monoisotopic (exact) mass is 769 g/mol. The number of nitrogens with zero attached hydrogens (tertiary/aromatic N) is 3. The maximum absolute atomic E-state index is 6.50. The molecule has 0 fully saturated rings. The zero-order chi connectivity index (χ0) is 40.0. The van der Waals surface area contributed by atoms with E-state index in [0.717, 1.165) is 84.2 Å². The highest BCUT2D eigenvalue weighted by molar-refractivity contribution is 6.21. The lowest BCUT2D eigenvalue weighted by Crippen LogP contribution is -2.02. The number of aromatic nitrogens is 3. The molecule has 0 amide bonds. The number of fused-ring (bicyclic) bond motifs is 5. The number of pyridine rings is 1. The minimum atomic E-state index is 0.349. The van der Waals surface area contributed by atoms with Crippen LogP contribution in [0.5, 0.6) is 0 Å². The Hall–Kier alpha value is -7.69. The lowest BCUT2D eigenvalue weighted by atomic mass is 9.85. The van der Waals surface area contributed by atoms with E-state index in [-0.39, 0.29) is 0 Å². The molecule has 4 nitrogen and oxygen atoms in total. The standard InChI is InChI=1S/C56H39N3O/c1-36-30-45(33-46(31-36)43-28-29-47-51(34-43)57-54(40-16-7-3-8-17-40)55-53(47)48-22-11-12-23-52(48)60-55)42-20-13-21-44(32-42)50-35-49(58-56(59-50)41-18-9-4-10-19-41)39-26-24-38(25-27-39)37-14-5-2-6-15-37/h2-30,32-36H,31H2,1H3. The molecule has 0 bridgehead atoms. The molecule has 10 aromatic rings. The van der Waals surface area contributed by atoms with Gasteiger partial charge in [-0.3, -0.25) is 0 Å². The molecule has 3 heterocycles. The van der Waals surface area contributed by atoms with Crippen LogP contribution in [0.1, 0.15) is 24.5 Å². The lowest BCUT2D eigenvalue weighted by Gasteiger charge is -2.20. The van der Waals surface area contributed by atoms with E-state index >= 15 is 0 Å². The second kappa shape index (κ2) is 14.9. The van der Waals surface area contributed by atoms with Crippen LogP contribution in [0.2, 0.25) is 0 Å². The summed E-state index contributed by atoms with van der Waals surface area (Å²) in [6, 6.07) is 65.7. The first-order valence-electron chi connectivity index (χ1n) is 20.6. The van der Waals surface area contributed by atoms with Crippen LogP contribution < -0.4 is 0 Å². The zero-order valence-electron chi connectivity index (χ0n) is 33.1. The minimum absolute atomic E-state index is 0.349. The summed E-state index contributed by atoms with van der Waals surface area (Å²) in [6.45, 7) is 2.30. The summed E-state index contributed by atoms with van der Waals surface area (Å²) in [7, 11) is 0. The van der Waals surface area contributed by atoms with Crippen molar-refractivity contribution in [2.75, 3.05) is 0 Å². The molecule has 11 rings (SSSR count). The van der Waals surface area contributed by atoms with Crippen molar-refractivity contribution in [3.05, 3.63) is 211 Å². The van der Waals surface area contributed by atoms with Crippen LogP contribution in [0.15, 0.2) is 205 Å². The highest BCUT2D eigenvalue weighted by atomic mass is 16.3. The van der Waals surface area contributed by atoms with Crippen LogP contribution in [-0.4, -0.2) is 15.0 Å². The maximum Gasteiger partial charge on any atom is 0.162 e. The molecule has 0 N–H and O–H groups in total. The summed E-state index contributed by atoms with van der Waals surface area (Å²) in [5.41, 5.74) is 16.6. The molecule has 1 atom stereocenters. The van der Waals surface area contributed by atoms with Gasteiger partial charge in [0.25, 0.3) is 0 Å². The van der Waals surface area contributed by atoms with Crippen molar-refractivity contribution in [2.24, 2.45) is 5.92 Å². The Kier molecular flexibility index (Phi) is 8.82. The molecule has 7 aromatic carbocycles. The minimum Gasteiger partial charge on any atom is -0.454 e. The fourth-order valence-corrected chi connectivity index (χ4v) is 8.65. The summed E-state index contributed by atoms with van der Waals surface area (Å²) in [5.74, 6) is 1.05. The van der Waals surface area contributed by atoms with Gasteiger partial charge in [0.15, 0.2) is 11.4 Å². The molecule has 3 aromatic heterocycles. The van der Waals surface area contributed by atoms with Crippen LogP contribution in [-0.2, 0) is 0 Å². The van der Waals surface area contributed by atoms with Gasteiger partial charge in [-0.05, 0) is 70.0 Å². The molecular weight excluding hydrogens is 731 g/mol. The predicted octanol–water partition coefficient (Wildman–Crippen LogP) is 14.8. The normalized spacial score (nSPS) is 14.1. The van der Waals surface area contributed by atoms with Crippen LogP contribution in [0.25, 0.3) is 100 Å². The van der Waals surface area contributed by atoms with Gasteiger partial charge in [-0.15, -0.1) is 0 Å². The van der Waals surface area contributed by atoms with Crippen molar-refractivity contribution in [1.82, 2.24) is 15.0 Å². The average Bonchev–Trinajstić information content (AvgIpc) is 3.72. The van der Waals surface area contributed by atoms with Gasteiger partial charge < -0.3 is 4.42 Å². The number of hydrogen-bond acceptors (Lipinski definition) is 4. The van der Waals surface area contributed by atoms with Gasteiger partial charge in [0, 0.05) is 38.4 Å². The maximum atomic E-state index is 6.50. The van der Waals surface area contributed by atoms with E-state index in [1.54, 1.807) is 0 Å². The molecule has 1 aliphatic carbocycles. The van der Waals surface area contributed by atoms with Crippen LogP contribution in [0.4, 0.5) is 0 Å². The Labute approximate surface area is 348 Å². The van der Waals surface area contributed by atoms with Crippen LogP contribution in [0, 0.1) is 5.92 Å². The van der Waals surface area contributed by atoms with Crippen molar-refractivity contribution in [2.45, 2.75) is 13.3 Å². The second-order valence-corrected chi connectivity index (χ2v) is 15.7. The van der Waals surface area contributed by atoms with Crippen molar-refractivity contribution in [3.63, 3.8) is 0 Å². The van der Waals surface area contributed by atoms with Crippen LogP contribution >= 0.6 is 0 Å². The summed E-state index contributed by atoms with van der Waals surface area (Å²) < 4.78 is 6.50. The van der Waals surface area contributed by atoms with E-state index in [4.69, 9.17) is 19.4 Å². The summed E-state index contributed by atoms with van der Waals surface area (Å²) >= 11 is 0. The quantitative estimate of drug-likeness (QED) is 0.162. The van der Waals surface area contributed by atoms with E-state index in [1.807, 2.05) is 42.5 Å². The highest BCUT2D eigenvalue weighted by Crippen LogP contribution is 2.41. The van der Waals surface area contributed by atoms with Crippen molar-refractivity contribution in [1.29, 1.82) is 0 Å². The second-order valence-electron chi connectivity index (χ2n) is 15.7. The number of para-hydroxylation sites is 1. The molecule has 4 heteroatoms. The fourth-order valence-electron chi connectivity index (χ4n) is 8.65. The summed E-state index contributed by atoms with van der Waals surface area (Å²) in [4.78, 5) is 15.6. The lowest BCUT2D eigenvalue weighted by molar-refractivity contribution is 0.669. The number of allylic oxidation sites excluding steroid dienone is 4. The smallest absolute Gasteiger partial charge is 0.162 e. The van der Waals surface area contributed by atoms with E-state index in [0.29, 0.717) is 11.7 Å². The zero-order valence-corrected chi connectivity index (χ0v) is 33.1. The SMILES string of the molecule is CC1C=C(c2cccc(-c3cc(-c4ccc(-c5ccccc5)cc4)nc(-c4ccccc4)n3)c2)C=C(c2ccc3c(c2)nc(-c2ccccc2)c2oc4ccccc4c23)C1. The first-order chi connectivity index (χ1) is 29.6. The first kappa shape index (κ1) is 35.5. The van der Waals surface area contributed by atoms with Gasteiger partial charge in [-0.25, -0.2) is 15.0 Å². The number of rotatable bonds is 7. The van der Waals surface area contributed by atoms with Crippen molar-refractivity contribution >= 4 is 44.0 Å². The van der Waals surface area contributed by atoms with Gasteiger partial charge in [0.2, 0.25) is 0 Å². The highest BCUT2D eigenvalue weighted by Gasteiger charge is 2.20. The van der Waals surface area contributed by atoms with E-state index in [1.165, 1.54) is 27.8 Å². The van der Waals surface area contributed by atoms with Crippen molar-refractivity contribution < 1.29 is 4.42 Å². The van der Waals surface area contributed by atoms with E-state index in [2.05, 4.69) is 165 Å². The summed E-state index contributed by atoms with van der Waals surface area (Å²) in [6.07, 6.45) is 5.70. The van der Waals surface area contributed by atoms with Gasteiger partial charge in [-0.2, -0.15) is 0 Å². The molecule has 1 unspecified atom stereocenters. The third kappa shape index (κ3) is 6.58. The molecule has 0 saturated carbocycles. The Balaban J connectivity index is 0.979. The third-order valence-electron chi connectivity index (χ3n) is 11.6. The largest absolute Gasteiger partial charge is 0.454 e. The Bertz CT molecular complexity index is 3270. The molecule has 0 saturated heterocycles. The number of benzene rings is 7. The molecule has 1 aliphatic rings.